The van der Waals surface area contributed by atoms with Crippen LogP contribution in [0.1, 0.15) is 26.2 Å². The molecule has 0 unspecified atom stereocenters. The van der Waals surface area contributed by atoms with Gasteiger partial charge in [0.05, 0.1) is 6.26 Å². The Hall–Kier alpha value is -1.05. The van der Waals surface area contributed by atoms with Crippen LogP contribution >= 0.6 is 0 Å². The largest absolute Gasteiger partial charge is 0.435 e. The Morgan fingerprint density at radius 1 is 1.55 bits per heavy atom. The van der Waals surface area contributed by atoms with Crippen LogP contribution in [-0.4, -0.2) is 5.97 Å². The second kappa shape index (κ2) is 7.06. The zero-order valence-corrected chi connectivity index (χ0v) is 6.88. The fraction of sp³-hybridized carbons (Fsp3) is 0.444. The number of ether oxygens (including phenoxy) is 1. The van der Waals surface area contributed by atoms with Gasteiger partial charge in [0.1, 0.15) is 0 Å². The standard InChI is InChI=1S/C9H14O2/c1-3-5-6-7-8-9(10)11-4-2/h4-6H,2-3,7-8H2,1H3/b6-5+. The fourth-order valence-corrected chi connectivity index (χ4v) is 0.638. The number of allylic oxidation sites excluding steroid dienone is 2. The van der Waals surface area contributed by atoms with E-state index >= 15 is 0 Å². The first kappa shape index (κ1) is 9.95. The van der Waals surface area contributed by atoms with Gasteiger partial charge in [0.2, 0.25) is 0 Å². The van der Waals surface area contributed by atoms with Gasteiger partial charge in [-0.25, -0.2) is 0 Å². The van der Waals surface area contributed by atoms with Crippen LogP contribution in [0.15, 0.2) is 25.0 Å². The molecule has 2 heteroatoms. The lowest BCUT2D eigenvalue weighted by Crippen LogP contribution is -1.97. The van der Waals surface area contributed by atoms with Crippen LogP contribution in [0.5, 0.6) is 0 Å². The van der Waals surface area contributed by atoms with Crippen LogP contribution in [0.2, 0.25) is 0 Å². The van der Waals surface area contributed by atoms with Crippen LogP contribution in [0.4, 0.5) is 0 Å². The normalized spacial score (nSPS) is 9.91. The highest BCUT2D eigenvalue weighted by atomic mass is 16.5. The quantitative estimate of drug-likeness (QED) is 0.345. The zero-order valence-electron chi connectivity index (χ0n) is 6.88. The number of esters is 1. The van der Waals surface area contributed by atoms with E-state index in [2.05, 4.69) is 18.2 Å². The summed E-state index contributed by atoms with van der Waals surface area (Å²) in [4.78, 5) is 10.7. The average Bonchev–Trinajstić information content (AvgIpc) is 1.99. The first-order valence-electron chi connectivity index (χ1n) is 3.76. The maximum absolute atomic E-state index is 10.7. The highest BCUT2D eigenvalue weighted by molar-refractivity contribution is 5.70. The summed E-state index contributed by atoms with van der Waals surface area (Å²) in [6, 6.07) is 0. The number of carbonyl (C=O) groups excluding carboxylic acids is 1. The molecule has 62 valence electrons. The van der Waals surface area contributed by atoms with Crippen molar-refractivity contribution in [3.63, 3.8) is 0 Å². The molecule has 0 heterocycles. The lowest BCUT2D eigenvalue weighted by Gasteiger charge is -1.93. The number of hydrogen-bond donors (Lipinski definition) is 0. The Morgan fingerprint density at radius 3 is 2.82 bits per heavy atom. The van der Waals surface area contributed by atoms with Crippen molar-refractivity contribution in [2.24, 2.45) is 0 Å². The summed E-state index contributed by atoms with van der Waals surface area (Å²) in [5.41, 5.74) is 0. The molecular formula is C9H14O2. The molecule has 0 radical (unpaired) electrons. The molecular weight excluding hydrogens is 140 g/mol. The van der Waals surface area contributed by atoms with E-state index in [0.29, 0.717) is 6.42 Å². The smallest absolute Gasteiger partial charge is 0.310 e. The predicted octanol–water partition coefficient (Wildman–Crippen LogP) is 2.42. The molecule has 0 amide bonds. The van der Waals surface area contributed by atoms with Crippen LogP contribution in [0.3, 0.4) is 0 Å². The van der Waals surface area contributed by atoms with E-state index in [9.17, 15) is 4.79 Å². The van der Waals surface area contributed by atoms with E-state index in [1.54, 1.807) is 0 Å². The minimum absolute atomic E-state index is 0.222. The minimum Gasteiger partial charge on any atom is -0.435 e. The van der Waals surface area contributed by atoms with Crippen molar-refractivity contribution in [3.8, 4) is 0 Å². The van der Waals surface area contributed by atoms with E-state index in [4.69, 9.17) is 0 Å². The Balaban J connectivity index is 3.30. The molecule has 0 N–H and O–H groups in total. The molecule has 0 aromatic rings. The minimum atomic E-state index is -0.222. The molecule has 0 saturated carbocycles. The summed E-state index contributed by atoms with van der Waals surface area (Å²) in [6.07, 6.45) is 7.36. The van der Waals surface area contributed by atoms with Gasteiger partial charge in [0.15, 0.2) is 0 Å². The predicted molar refractivity (Wildman–Crippen MR) is 45.0 cm³/mol. The number of carbonyl (C=O) groups is 1. The van der Waals surface area contributed by atoms with Crippen molar-refractivity contribution in [1.29, 1.82) is 0 Å². The first-order valence-corrected chi connectivity index (χ1v) is 3.76. The highest BCUT2D eigenvalue weighted by Gasteiger charge is 1.96. The molecule has 0 aliphatic carbocycles. The molecule has 0 atom stereocenters. The lowest BCUT2D eigenvalue weighted by molar-refractivity contribution is -0.137. The van der Waals surface area contributed by atoms with Crippen molar-refractivity contribution in [2.45, 2.75) is 26.2 Å². The third-order valence-corrected chi connectivity index (χ3v) is 1.13. The third-order valence-electron chi connectivity index (χ3n) is 1.13. The average molecular weight is 154 g/mol. The molecule has 0 bridgehead atoms. The lowest BCUT2D eigenvalue weighted by atomic mass is 10.3. The van der Waals surface area contributed by atoms with Gasteiger partial charge in [0, 0.05) is 6.42 Å². The van der Waals surface area contributed by atoms with E-state index in [-0.39, 0.29) is 5.97 Å². The SMILES string of the molecule is C=COC(=O)CC/C=C/CC. The molecule has 0 aromatic carbocycles. The van der Waals surface area contributed by atoms with Gasteiger partial charge in [-0.3, -0.25) is 4.79 Å². The van der Waals surface area contributed by atoms with Crippen molar-refractivity contribution in [1.82, 2.24) is 0 Å². The van der Waals surface area contributed by atoms with Crippen molar-refractivity contribution in [3.05, 3.63) is 25.0 Å². The molecule has 0 saturated heterocycles. The molecule has 0 aliphatic rings. The monoisotopic (exact) mass is 154 g/mol. The molecule has 0 fully saturated rings. The van der Waals surface area contributed by atoms with Crippen molar-refractivity contribution >= 4 is 5.97 Å². The van der Waals surface area contributed by atoms with E-state index in [0.717, 1.165) is 19.1 Å². The second-order valence-corrected chi connectivity index (χ2v) is 2.07. The fourth-order valence-electron chi connectivity index (χ4n) is 0.638. The Morgan fingerprint density at radius 2 is 2.27 bits per heavy atom. The number of hydrogen-bond acceptors (Lipinski definition) is 2. The highest BCUT2D eigenvalue weighted by Crippen LogP contribution is 1.95. The maximum Gasteiger partial charge on any atom is 0.310 e. The van der Waals surface area contributed by atoms with Crippen LogP contribution in [-0.2, 0) is 9.53 Å². The molecule has 11 heavy (non-hydrogen) atoms. The van der Waals surface area contributed by atoms with Gasteiger partial charge in [0.25, 0.3) is 0 Å². The van der Waals surface area contributed by atoms with E-state index in [1.807, 2.05) is 12.2 Å². The third kappa shape index (κ3) is 6.84. The molecule has 2 nitrogen and oxygen atoms in total. The topological polar surface area (TPSA) is 26.3 Å². The molecule has 0 aromatic heterocycles. The van der Waals surface area contributed by atoms with Gasteiger partial charge in [-0.1, -0.05) is 25.7 Å². The molecule has 0 spiro atoms. The zero-order chi connectivity index (χ0) is 8.53. The second-order valence-electron chi connectivity index (χ2n) is 2.07. The van der Waals surface area contributed by atoms with Gasteiger partial charge in [-0.2, -0.15) is 0 Å². The summed E-state index contributed by atoms with van der Waals surface area (Å²) < 4.78 is 4.51. The Labute approximate surface area is 67.6 Å². The molecule has 0 rings (SSSR count). The van der Waals surface area contributed by atoms with Crippen molar-refractivity contribution < 1.29 is 9.53 Å². The summed E-state index contributed by atoms with van der Waals surface area (Å²) in [7, 11) is 0. The summed E-state index contributed by atoms with van der Waals surface area (Å²) >= 11 is 0. The van der Waals surface area contributed by atoms with Crippen LogP contribution in [0.25, 0.3) is 0 Å². The van der Waals surface area contributed by atoms with Gasteiger partial charge >= 0.3 is 5.97 Å². The van der Waals surface area contributed by atoms with E-state index < -0.39 is 0 Å². The van der Waals surface area contributed by atoms with Gasteiger partial charge < -0.3 is 4.74 Å². The first-order chi connectivity index (χ1) is 5.31. The van der Waals surface area contributed by atoms with Crippen LogP contribution < -0.4 is 0 Å². The van der Waals surface area contributed by atoms with E-state index in [1.165, 1.54) is 0 Å². The summed E-state index contributed by atoms with van der Waals surface area (Å²) in [5, 5.41) is 0. The van der Waals surface area contributed by atoms with Crippen molar-refractivity contribution in [2.75, 3.05) is 0 Å². The van der Waals surface area contributed by atoms with Gasteiger partial charge in [-0.05, 0) is 12.8 Å². The van der Waals surface area contributed by atoms with Crippen LogP contribution in [0, 0.1) is 0 Å². The van der Waals surface area contributed by atoms with Gasteiger partial charge in [-0.15, -0.1) is 0 Å². The molecule has 0 aliphatic heterocycles. The summed E-state index contributed by atoms with van der Waals surface area (Å²) in [6.45, 7) is 5.34. The number of rotatable bonds is 5. The Kier molecular flexibility index (Phi) is 6.39. The maximum atomic E-state index is 10.7. The Bertz CT molecular complexity index is 148. The summed E-state index contributed by atoms with van der Waals surface area (Å²) in [5.74, 6) is -0.222.